The van der Waals surface area contributed by atoms with E-state index in [1.165, 1.54) is 12.1 Å². The summed E-state index contributed by atoms with van der Waals surface area (Å²) in [6.07, 6.45) is 1.47. The van der Waals surface area contributed by atoms with Crippen LogP contribution in [0.4, 0.5) is 5.69 Å². The normalized spacial score (nSPS) is 15.0. The van der Waals surface area contributed by atoms with Gasteiger partial charge in [-0.05, 0) is 77.5 Å². The number of aliphatic carboxylic acids is 1. The Morgan fingerprint density at radius 1 is 1.00 bits per heavy atom. The maximum Gasteiger partial charge on any atom is 0.341 e. The quantitative estimate of drug-likeness (QED) is 0.232. The fourth-order valence-corrected chi connectivity index (χ4v) is 6.01. The van der Waals surface area contributed by atoms with Crippen LogP contribution in [0.25, 0.3) is 16.8 Å². The van der Waals surface area contributed by atoms with E-state index in [0.29, 0.717) is 32.6 Å². The monoisotopic (exact) mass is 615 g/mol. The van der Waals surface area contributed by atoms with Gasteiger partial charge in [0.2, 0.25) is 5.91 Å². The van der Waals surface area contributed by atoms with Crippen LogP contribution in [0.1, 0.15) is 16.7 Å². The van der Waals surface area contributed by atoms with E-state index in [9.17, 15) is 22.8 Å². The van der Waals surface area contributed by atoms with Crippen molar-refractivity contribution in [2.45, 2.75) is 18.2 Å². The average Bonchev–Trinajstić information content (AvgIpc) is 3.30. The molecule has 43 heavy (non-hydrogen) atoms. The number of carboxylic acid groups (broad SMARTS) is 1. The van der Waals surface area contributed by atoms with Crippen molar-refractivity contribution in [3.63, 3.8) is 0 Å². The number of aliphatic imine (C=N–C) groups is 1. The Labute approximate surface area is 251 Å². The molecule has 10 nitrogen and oxygen atoms in total. The third-order valence-electron chi connectivity index (χ3n) is 6.28. The van der Waals surface area contributed by atoms with E-state index in [1.54, 1.807) is 48.5 Å². The predicted molar refractivity (Wildman–Crippen MR) is 165 cm³/mol. The van der Waals surface area contributed by atoms with E-state index in [2.05, 4.69) is 15.0 Å². The van der Waals surface area contributed by atoms with Crippen molar-refractivity contribution in [1.82, 2.24) is 10.0 Å². The number of sulfonamides is 1. The lowest BCUT2D eigenvalue weighted by Gasteiger charge is -2.10. The fraction of sp³-hybridized carbons (Fsp3) is 0.0968. The third kappa shape index (κ3) is 7.48. The van der Waals surface area contributed by atoms with Gasteiger partial charge in [0.05, 0.1) is 21.9 Å². The second-order valence-corrected chi connectivity index (χ2v) is 12.3. The maximum absolute atomic E-state index is 12.7. The SMILES string of the molecule is Cc1ccc(S(=O)(=O)NC(=O)Cc2ccc(N=C3NC(=O)C(=Cc4cc5ccccc5cc4OCC(=O)O)S3)cc2)cc1. The first kappa shape index (κ1) is 29.5. The van der Waals surface area contributed by atoms with Gasteiger partial charge in [-0.15, -0.1) is 0 Å². The number of rotatable bonds is 9. The Hall–Kier alpha value is -4.94. The van der Waals surface area contributed by atoms with Gasteiger partial charge in [0.1, 0.15) is 5.75 Å². The van der Waals surface area contributed by atoms with Gasteiger partial charge in [0.15, 0.2) is 11.8 Å². The van der Waals surface area contributed by atoms with Crippen molar-refractivity contribution in [2.24, 2.45) is 4.99 Å². The zero-order valence-electron chi connectivity index (χ0n) is 22.7. The Morgan fingerprint density at radius 3 is 2.35 bits per heavy atom. The zero-order valence-corrected chi connectivity index (χ0v) is 24.4. The molecule has 1 aliphatic heterocycles. The fourth-order valence-electron chi connectivity index (χ4n) is 4.19. The number of carbonyl (C=O) groups is 3. The van der Waals surface area contributed by atoms with Crippen LogP contribution in [0, 0.1) is 6.92 Å². The van der Waals surface area contributed by atoms with Gasteiger partial charge in [-0.1, -0.05) is 54.1 Å². The van der Waals surface area contributed by atoms with E-state index in [0.717, 1.165) is 28.1 Å². The van der Waals surface area contributed by atoms with Crippen LogP contribution in [-0.4, -0.2) is 43.1 Å². The number of carbonyl (C=O) groups excluding carboxylic acids is 2. The van der Waals surface area contributed by atoms with Crippen molar-refractivity contribution >= 4 is 67.3 Å². The average molecular weight is 616 g/mol. The van der Waals surface area contributed by atoms with Crippen molar-refractivity contribution < 1.29 is 32.6 Å². The number of ether oxygens (including phenoxy) is 1. The molecule has 0 aromatic heterocycles. The molecule has 218 valence electrons. The summed E-state index contributed by atoms with van der Waals surface area (Å²) >= 11 is 1.11. The molecule has 4 aromatic carbocycles. The highest BCUT2D eigenvalue weighted by molar-refractivity contribution is 8.18. The summed E-state index contributed by atoms with van der Waals surface area (Å²) in [4.78, 5) is 41.0. The number of nitrogens with one attached hydrogen (secondary N) is 2. The highest BCUT2D eigenvalue weighted by Crippen LogP contribution is 2.33. The molecular formula is C31H25N3O7S2. The first-order valence-corrected chi connectivity index (χ1v) is 15.2. The summed E-state index contributed by atoms with van der Waals surface area (Å²) in [5.74, 6) is -1.83. The molecule has 2 amide bonds. The third-order valence-corrected chi connectivity index (χ3v) is 8.58. The van der Waals surface area contributed by atoms with Crippen LogP contribution in [0.5, 0.6) is 5.75 Å². The molecule has 0 spiro atoms. The number of hydrogen-bond donors (Lipinski definition) is 3. The number of aryl methyl sites for hydroxylation is 1. The van der Waals surface area contributed by atoms with Crippen LogP contribution in [0.3, 0.4) is 0 Å². The van der Waals surface area contributed by atoms with Gasteiger partial charge in [-0.2, -0.15) is 0 Å². The molecule has 1 heterocycles. The van der Waals surface area contributed by atoms with Crippen LogP contribution in [-0.2, 0) is 30.8 Å². The summed E-state index contributed by atoms with van der Waals surface area (Å²) in [7, 11) is -3.98. The van der Waals surface area contributed by atoms with E-state index < -0.39 is 28.5 Å². The van der Waals surface area contributed by atoms with E-state index >= 15 is 0 Å². The second kappa shape index (κ2) is 12.5. The summed E-state index contributed by atoms with van der Waals surface area (Å²) in [5, 5.41) is 13.9. The minimum atomic E-state index is -3.98. The first-order chi connectivity index (χ1) is 20.6. The number of thioether (sulfide) groups is 1. The number of hydrogen-bond acceptors (Lipinski definition) is 8. The molecule has 0 saturated carbocycles. The summed E-state index contributed by atoms with van der Waals surface area (Å²) < 4.78 is 32.5. The van der Waals surface area contributed by atoms with Crippen LogP contribution in [0.15, 0.2) is 99.7 Å². The van der Waals surface area contributed by atoms with Gasteiger partial charge >= 0.3 is 5.97 Å². The minimum absolute atomic E-state index is 0.00628. The zero-order chi connectivity index (χ0) is 30.6. The van der Waals surface area contributed by atoms with Crippen LogP contribution < -0.4 is 14.8 Å². The molecule has 12 heteroatoms. The van der Waals surface area contributed by atoms with Crippen molar-refractivity contribution in [3.8, 4) is 5.75 Å². The number of amides is 2. The van der Waals surface area contributed by atoms with Gasteiger partial charge < -0.3 is 15.2 Å². The number of fused-ring (bicyclic) bond motifs is 1. The molecule has 5 rings (SSSR count). The predicted octanol–water partition coefficient (Wildman–Crippen LogP) is 4.55. The molecular weight excluding hydrogens is 590 g/mol. The van der Waals surface area contributed by atoms with E-state index in [1.807, 2.05) is 37.3 Å². The summed E-state index contributed by atoms with van der Waals surface area (Å²) in [6, 6.07) is 23.9. The van der Waals surface area contributed by atoms with E-state index in [4.69, 9.17) is 9.84 Å². The topological polar surface area (TPSA) is 151 Å². The Bertz CT molecular complexity index is 1900. The van der Waals surface area contributed by atoms with Crippen molar-refractivity contribution in [1.29, 1.82) is 0 Å². The first-order valence-electron chi connectivity index (χ1n) is 12.9. The summed E-state index contributed by atoms with van der Waals surface area (Å²) in [6.45, 7) is 1.31. The molecule has 1 saturated heterocycles. The number of nitrogens with zero attached hydrogens (tertiary/aromatic N) is 1. The number of amidine groups is 1. The lowest BCUT2D eigenvalue weighted by Crippen LogP contribution is -2.31. The Kier molecular flexibility index (Phi) is 8.60. The van der Waals surface area contributed by atoms with E-state index in [-0.39, 0.29) is 17.2 Å². The molecule has 1 aliphatic rings. The lowest BCUT2D eigenvalue weighted by atomic mass is 10.1. The second-order valence-electron chi connectivity index (χ2n) is 9.59. The summed E-state index contributed by atoms with van der Waals surface area (Å²) in [5.41, 5.74) is 2.54. The highest BCUT2D eigenvalue weighted by Gasteiger charge is 2.25. The Balaban J connectivity index is 1.27. The highest BCUT2D eigenvalue weighted by atomic mass is 32.2. The minimum Gasteiger partial charge on any atom is -0.481 e. The molecule has 0 bridgehead atoms. The van der Waals surface area contributed by atoms with Gasteiger partial charge in [0, 0.05) is 5.56 Å². The standard InChI is InChI=1S/C31H25N3O7S2/c1-19-6-12-25(13-7-19)43(39,40)34-28(35)14-20-8-10-24(11-9-20)32-31-33-30(38)27(42-31)17-23-15-21-4-2-3-5-22(21)16-26(23)41-18-29(36)37/h2-13,15-17H,14,18H2,1H3,(H,34,35)(H,36,37)(H,32,33,38). The lowest BCUT2D eigenvalue weighted by molar-refractivity contribution is -0.139. The van der Waals surface area contributed by atoms with Crippen LogP contribution in [0.2, 0.25) is 0 Å². The maximum atomic E-state index is 12.7. The van der Waals surface area contributed by atoms with Gasteiger partial charge in [-0.25, -0.2) is 22.9 Å². The smallest absolute Gasteiger partial charge is 0.341 e. The molecule has 4 aromatic rings. The molecule has 0 aliphatic carbocycles. The molecule has 1 fully saturated rings. The number of benzene rings is 4. The van der Waals surface area contributed by atoms with Gasteiger partial charge in [0.25, 0.3) is 15.9 Å². The molecule has 0 unspecified atom stereocenters. The van der Waals surface area contributed by atoms with Gasteiger partial charge in [-0.3, -0.25) is 9.59 Å². The van der Waals surface area contributed by atoms with Crippen molar-refractivity contribution in [3.05, 3.63) is 107 Å². The number of carboxylic acids is 1. The van der Waals surface area contributed by atoms with Crippen LogP contribution >= 0.6 is 11.8 Å². The molecule has 3 N–H and O–H groups in total. The Morgan fingerprint density at radius 2 is 1.67 bits per heavy atom. The molecule has 0 radical (unpaired) electrons. The van der Waals surface area contributed by atoms with Crippen molar-refractivity contribution in [2.75, 3.05) is 6.61 Å². The molecule has 0 atom stereocenters. The largest absolute Gasteiger partial charge is 0.481 e.